The van der Waals surface area contributed by atoms with Gasteiger partial charge in [-0.1, -0.05) is 0 Å². The number of aromatic nitrogens is 2. The minimum atomic E-state index is -1.57. The second-order valence-electron chi connectivity index (χ2n) is 5.71. The van der Waals surface area contributed by atoms with Crippen LogP contribution in [-0.4, -0.2) is 60.3 Å². The molecule has 1 unspecified atom stereocenters. The quantitative estimate of drug-likeness (QED) is 0.189. The number of hydrogen-bond donors (Lipinski definition) is 3. The van der Waals surface area contributed by atoms with Crippen LogP contribution in [0.4, 0.5) is 4.39 Å². The molecular formula is C16H18AsFIN3O6. The number of nitrogens with zero attached hydrogens (tertiary/aromatic N) is 2. The first-order chi connectivity index (χ1) is 13.2. The van der Waals surface area contributed by atoms with Crippen molar-refractivity contribution in [2.45, 2.75) is 6.10 Å². The Kier molecular flexibility index (Phi) is 7.95. The van der Waals surface area contributed by atoms with Gasteiger partial charge in [-0.05, 0) is 0 Å². The van der Waals surface area contributed by atoms with Crippen LogP contribution in [0.1, 0.15) is 10.4 Å². The molecule has 2 aromatic rings. The second kappa shape index (κ2) is 9.79. The summed E-state index contributed by atoms with van der Waals surface area (Å²) in [6.07, 6.45) is -1.08. The van der Waals surface area contributed by atoms with Gasteiger partial charge in [-0.2, -0.15) is 0 Å². The Balaban J connectivity index is 2.53. The van der Waals surface area contributed by atoms with Gasteiger partial charge in [0.1, 0.15) is 0 Å². The molecule has 0 saturated carbocycles. The Bertz CT molecular complexity index is 1010. The van der Waals surface area contributed by atoms with E-state index < -0.39 is 58.0 Å². The number of halogens is 2. The van der Waals surface area contributed by atoms with Crippen molar-refractivity contribution in [1.29, 1.82) is 0 Å². The molecule has 1 atom stereocenters. The number of nitrogens with one attached hydrogen (secondary N) is 1. The van der Waals surface area contributed by atoms with E-state index >= 15 is 0 Å². The molecule has 0 aliphatic carbocycles. The Hall–Kier alpha value is -1.53. The van der Waals surface area contributed by atoms with Gasteiger partial charge in [-0.3, -0.25) is 0 Å². The van der Waals surface area contributed by atoms with Gasteiger partial charge < -0.3 is 0 Å². The van der Waals surface area contributed by atoms with E-state index in [4.69, 9.17) is 15.1 Å². The maximum absolute atomic E-state index is 14.3. The van der Waals surface area contributed by atoms with Crippen molar-refractivity contribution < 1.29 is 24.2 Å². The first-order valence-corrected chi connectivity index (χ1v) is 11.1. The molecule has 0 saturated heterocycles. The van der Waals surface area contributed by atoms with Crippen molar-refractivity contribution in [3.63, 3.8) is 0 Å². The van der Waals surface area contributed by atoms with Crippen LogP contribution >= 0.6 is 22.6 Å². The zero-order chi connectivity index (χ0) is 21.0. The number of hydrogen-bond acceptors (Lipinski definition) is 6. The summed E-state index contributed by atoms with van der Waals surface area (Å²) in [6.45, 7) is -1.12. The third-order valence-corrected chi connectivity index (χ3v) is 7.61. The number of hydroxylamine groups is 1. The number of amides is 1. The number of rotatable bonds is 7. The fraction of sp³-hybridized carbons (Fsp3) is 0.312. The Morgan fingerprint density at radius 3 is 2.50 bits per heavy atom. The first kappa shape index (κ1) is 22.8. The number of aliphatic hydroxyl groups excluding tert-OH is 2. The van der Waals surface area contributed by atoms with Gasteiger partial charge >= 0.3 is 179 Å². The van der Waals surface area contributed by atoms with E-state index in [1.54, 1.807) is 12.1 Å². The molecule has 0 spiro atoms. The van der Waals surface area contributed by atoms with E-state index in [1.807, 2.05) is 28.1 Å². The third-order valence-electron chi connectivity index (χ3n) is 3.80. The number of carbonyl (C=O) groups is 1. The molecule has 0 fully saturated rings. The SMILES string of the molecule is Cn1c([AsH]c2ccc(I)cc2F)c(C(=O)NOC(CO)CO)c(=O)n(C)c1=O. The topological polar surface area (TPSA) is 123 Å². The molecular weight excluding hydrogens is 551 g/mol. The second-order valence-corrected chi connectivity index (χ2v) is 9.61. The normalized spacial score (nSPS) is 11.5. The molecule has 9 nitrogen and oxygen atoms in total. The molecule has 2 rings (SSSR count). The van der Waals surface area contributed by atoms with Crippen LogP contribution in [0.5, 0.6) is 0 Å². The average molecular weight is 569 g/mol. The molecule has 152 valence electrons. The number of aliphatic hydroxyl groups is 2. The van der Waals surface area contributed by atoms with E-state index in [-0.39, 0.29) is 10.0 Å². The van der Waals surface area contributed by atoms with Crippen molar-refractivity contribution in [3.05, 3.63) is 54.0 Å². The molecule has 12 heteroatoms. The number of carbonyl (C=O) groups excluding carboxylic acids is 1. The van der Waals surface area contributed by atoms with Crippen LogP contribution in [-0.2, 0) is 18.9 Å². The van der Waals surface area contributed by atoms with Crippen LogP contribution in [0.15, 0.2) is 27.8 Å². The summed E-state index contributed by atoms with van der Waals surface area (Å²) in [5.74, 6) is -1.43. The molecule has 28 heavy (non-hydrogen) atoms. The standard InChI is InChI=1S/C16H18AsFIN3O6/c1-21-13(17-10-4-3-8(19)5-11(10)18)12(15(26)22(2)16(21)27)14(25)20-28-9(6-23)7-24/h3-5,9,17,23-24H,6-7H2,1-2H3,(H,20,25). The van der Waals surface area contributed by atoms with Gasteiger partial charge in [0.2, 0.25) is 0 Å². The molecule has 0 aliphatic rings. The average Bonchev–Trinajstić information content (AvgIpc) is 2.67. The van der Waals surface area contributed by atoms with Crippen molar-refractivity contribution >= 4 is 53.1 Å². The van der Waals surface area contributed by atoms with E-state index in [9.17, 15) is 18.8 Å². The van der Waals surface area contributed by atoms with E-state index in [0.717, 1.165) is 9.13 Å². The first-order valence-electron chi connectivity index (χ1n) is 7.91. The summed E-state index contributed by atoms with van der Waals surface area (Å²) < 4.78 is 17.3. The van der Waals surface area contributed by atoms with Crippen molar-refractivity contribution in [2.24, 2.45) is 14.1 Å². The van der Waals surface area contributed by atoms with Gasteiger partial charge in [0.15, 0.2) is 0 Å². The van der Waals surface area contributed by atoms with Crippen molar-refractivity contribution in [3.8, 4) is 0 Å². The zero-order valence-corrected chi connectivity index (χ0v) is 19.2. The van der Waals surface area contributed by atoms with Gasteiger partial charge in [-0.15, -0.1) is 0 Å². The Morgan fingerprint density at radius 1 is 1.29 bits per heavy atom. The molecule has 0 aliphatic heterocycles. The Labute approximate surface area is 178 Å². The molecule has 0 bridgehead atoms. The summed E-state index contributed by atoms with van der Waals surface area (Å²) >= 11 is 0.386. The predicted molar refractivity (Wildman–Crippen MR) is 109 cm³/mol. The minimum absolute atomic E-state index is 0.124. The summed E-state index contributed by atoms with van der Waals surface area (Å²) in [5.41, 5.74) is 0.162. The van der Waals surface area contributed by atoms with Gasteiger partial charge in [0, 0.05) is 0 Å². The predicted octanol–water partition coefficient (Wildman–Crippen LogP) is -2.77. The van der Waals surface area contributed by atoms with Crippen LogP contribution in [0.3, 0.4) is 0 Å². The summed E-state index contributed by atoms with van der Waals surface area (Å²) in [4.78, 5) is 42.3. The van der Waals surface area contributed by atoms with Crippen molar-refractivity contribution in [2.75, 3.05) is 13.2 Å². The summed E-state index contributed by atoms with van der Waals surface area (Å²) in [7, 11) is 2.62. The van der Waals surface area contributed by atoms with Gasteiger partial charge in [-0.25, -0.2) is 0 Å². The van der Waals surface area contributed by atoms with Crippen LogP contribution < -0.4 is 25.6 Å². The molecule has 0 radical (unpaired) electrons. The monoisotopic (exact) mass is 569 g/mol. The maximum atomic E-state index is 14.3. The van der Waals surface area contributed by atoms with Gasteiger partial charge in [0.25, 0.3) is 0 Å². The van der Waals surface area contributed by atoms with E-state index in [0.29, 0.717) is 7.92 Å². The molecule has 1 aromatic carbocycles. The van der Waals surface area contributed by atoms with E-state index in [1.165, 1.54) is 20.2 Å². The number of benzene rings is 1. The van der Waals surface area contributed by atoms with Crippen LogP contribution in [0.2, 0.25) is 0 Å². The zero-order valence-electron chi connectivity index (χ0n) is 14.9. The fourth-order valence-electron chi connectivity index (χ4n) is 2.23. The summed E-state index contributed by atoms with van der Waals surface area (Å²) in [5, 5.41) is 18.0. The summed E-state index contributed by atoms with van der Waals surface area (Å²) in [6, 6.07) is 4.58. The van der Waals surface area contributed by atoms with Crippen LogP contribution in [0.25, 0.3) is 0 Å². The van der Waals surface area contributed by atoms with E-state index in [2.05, 4.69) is 0 Å². The fourth-order valence-corrected chi connectivity index (χ4v) is 5.25. The molecule has 1 amide bonds. The molecule has 1 heterocycles. The Morgan fingerprint density at radius 2 is 1.93 bits per heavy atom. The van der Waals surface area contributed by atoms with Crippen molar-refractivity contribution in [1.82, 2.24) is 14.6 Å². The van der Waals surface area contributed by atoms with Gasteiger partial charge in [0.05, 0.1) is 0 Å². The van der Waals surface area contributed by atoms with Crippen LogP contribution in [0, 0.1) is 9.39 Å². The molecule has 3 N–H and O–H groups in total. The third kappa shape index (κ3) is 4.90. The molecule has 1 aromatic heterocycles.